The molecular formula is C26H22Cl2N2O5. The molecule has 0 saturated carbocycles. The average Bonchev–Trinajstić information content (AvgIpc) is 2.87. The molecule has 0 atom stereocenters. The zero-order chi connectivity index (χ0) is 25.4. The van der Waals surface area contributed by atoms with Gasteiger partial charge in [0, 0.05) is 12.1 Å². The maximum absolute atomic E-state index is 12.8. The molecule has 0 bridgehead atoms. The average molecular weight is 513 g/mol. The number of methoxy groups -OCH3 is 3. The van der Waals surface area contributed by atoms with E-state index in [-0.39, 0.29) is 10.6 Å². The predicted octanol–water partition coefficient (Wildman–Crippen LogP) is 6.14. The third kappa shape index (κ3) is 6.38. The van der Waals surface area contributed by atoms with Crippen LogP contribution in [-0.2, 0) is 11.4 Å². The van der Waals surface area contributed by atoms with Crippen molar-refractivity contribution in [2.75, 3.05) is 26.6 Å². The van der Waals surface area contributed by atoms with Gasteiger partial charge in [-0.1, -0.05) is 53.5 Å². The molecule has 3 aromatic carbocycles. The first-order valence-electron chi connectivity index (χ1n) is 10.3. The molecule has 0 aliphatic rings. The molecule has 7 nitrogen and oxygen atoms in total. The molecule has 0 radical (unpaired) electrons. The minimum Gasteiger partial charge on any atom is -0.495 e. The first kappa shape index (κ1) is 25.8. The van der Waals surface area contributed by atoms with Gasteiger partial charge in [0.1, 0.15) is 29.7 Å². The Hall–Kier alpha value is -3.86. The highest BCUT2D eigenvalue weighted by Gasteiger charge is 2.17. The molecule has 3 aromatic rings. The van der Waals surface area contributed by atoms with Gasteiger partial charge < -0.3 is 24.3 Å². The molecule has 9 heteroatoms. The Morgan fingerprint density at radius 2 is 1.63 bits per heavy atom. The SMILES string of the molecule is COc1cc(NC(=O)/C(C#N)=C/c2cc(Cl)c(OCc3ccccc3)c(OC)c2)c(OC)cc1Cl. The molecule has 0 aliphatic carbocycles. The van der Waals surface area contributed by atoms with Gasteiger partial charge in [-0.15, -0.1) is 0 Å². The number of hydrogen-bond acceptors (Lipinski definition) is 6. The number of ether oxygens (including phenoxy) is 4. The van der Waals surface area contributed by atoms with Gasteiger partial charge in [-0.3, -0.25) is 4.79 Å². The van der Waals surface area contributed by atoms with E-state index in [2.05, 4.69) is 5.32 Å². The zero-order valence-corrected chi connectivity index (χ0v) is 20.7. The van der Waals surface area contributed by atoms with Gasteiger partial charge in [0.15, 0.2) is 11.5 Å². The molecule has 0 heterocycles. The van der Waals surface area contributed by atoms with E-state index in [1.807, 2.05) is 36.4 Å². The lowest BCUT2D eigenvalue weighted by molar-refractivity contribution is -0.112. The van der Waals surface area contributed by atoms with Crippen molar-refractivity contribution in [1.82, 2.24) is 0 Å². The number of nitrogens with zero attached hydrogens (tertiary/aromatic N) is 1. The summed E-state index contributed by atoms with van der Waals surface area (Å²) in [4.78, 5) is 12.8. The van der Waals surface area contributed by atoms with Crippen LogP contribution in [-0.4, -0.2) is 27.2 Å². The molecule has 1 amide bonds. The van der Waals surface area contributed by atoms with E-state index in [1.165, 1.54) is 39.5 Å². The summed E-state index contributed by atoms with van der Waals surface area (Å²) < 4.78 is 21.7. The molecule has 0 fully saturated rings. The largest absolute Gasteiger partial charge is 0.495 e. The third-order valence-electron chi connectivity index (χ3n) is 4.88. The fourth-order valence-electron chi connectivity index (χ4n) is 3.16. The second-order valence-electron chi connectivity index (χ2n) is 7.12. The number of carbonyl (C=O) groups is 1. The van der Waals surface area contributed by atoms with Crippen molar-refractivity contribution in [1.29, 1.82) is 5.26 Å². The first-order valence-corrected chi connectivity index (χ1v) is 11.0. The number of rotatable bonds is 9. The minimum atomic E-state index is -0.658. The second-order valence-corrected chi connectivity index (χ2v) is 7.93. The molecule has 0 aliphatic heterocycles. The standard InChI is InChI=1S/C26H22Cl2N2O5/c1-32-22-13-21(23(33-2)12-19(22)27)30-26(31)18(14-29)9-17-10-20(28)25(24(11-17)34-3)35-15-16-7-5-4-6-8-16/h4-13H,15H2,1-3H3,(H,30,31)/b18-9+. The van der Waals surface area contributed by atoms with Crippen LogP contribution in [0.25, 0.3) is 6.08 Å². The van der Waals surface area contributed by atoms with E-state index in [4.69, 9.17) is 42.1 Å². The van der Waals surface area contributed by atoms with Gasteiger partial charge in [-0.2, -0.15) is 5.26 Å². The van der Waals surface area contributed by atoms with Crippen LogP contribution in [0.2, 0.25) is 10.0 Å². The Labute approximate surface area is 213 Å². The normalized spacial score (nSPS) is 10.8. The first-order chi connectivity index (χ1) is 16.9. The number of anilines is 1. The topological polar surface area (TPSA) is 89.8 Å². The Morgan fingerprint density at radius 3 is 2.26 bits per heavy atom. The third-order valence-corrected chi connectivity index (χ3v) is 5.45. The van der Waals surface area contributed by atoms with Gasteiger partial charge in [-0.25, -0.2) is 0 Å². The Bertz CT molecular complexity index is 1290. The van der Waals surface area contributed by atoms with Crippen molar-refractivity contribution in [2.24, 2.45) is 0 Å². The highest BCUT2D eigenvalue weighted by Crippen LogP contribution is 2.38. The molecule has 3 rings (SSSR count). The lowest BCUT2D eigenvalue weighted by Crippen LogP contribution is -2.14. The molecule has 0 spiro atoms. The molecule has 0 saturated heterocycles. The van der Waals surface area contributed by atoms with Crippen molar-refractivity contribution in [2.45, 2.75) is 6.61 Å². The maximum atomic E-state index is 12.8. The molecule has 180 valence electrons. The summed E-state index contributed by atoms with van der Waals surface area (Å²) in [5, 5.41) is 12.9. The van der Waals surface area contributed by atoms with Gasteiger partial charge in [0.25, 0.3) is 5.91 Å². The molecule has 1 N–H and O–H groups in total. The van der Waals surface area contributed by atoms with Gasteiger partial charge in [0.2, 0.25) is 0 Å². The zero-order valence-electron chi connectivity index (χ0n) is 19.2. The van der Waals surface area contributed by atoms with Crippen molar-refractivity contribution in [3.63, 3.8) is 0 Å². The molecule has 0 aromatic heterocycles. The molecular weight excluding hydrogens is 491 g/mol. The van der Waals surface area contributed by atoms with Crippen LogP contribution in [0, 0.1) is 11.3 Å². The van der Waals surface area contributed by atoms with Crippen LogP contribution in [0.5, 0.6) is 23.0 Å². The Morgan fingerprint density at radius 1 is 0.943 bits per heavy atom. The van der Waals surface area contributed by atoms with Crippen LogP contribution in [0.1, 0.15) is 11.1 Å². The van der Waals surface area contributed by atoms with E-state index in [0.717, 1.165) is 5.56 Å². The van der Waals surface area contributed by atoms with Crippen LogP contribution in [0.3, 0.4) is 0 Å². The van der Waals surface area contributed by atoms with E-state index < -0.39 is 5.91 Å². The van der Waals surface area contributed by atoms with Crippen LogP contribution in [0.15, 0.2) is 60.2 Å². The van der Waals surface area contributed by atoms with Gasteiger partial charge in [-0.05, 0) is 29.3 Å². The number of amides is 1. The predicted molar refractivity (Wildman–Crippen MR) is 136 cm³/mol. The summed E-state index contributed by atoms with van der Waals surface area (Å²) in [5.74, 6) is 0.714. The highest BCUT2D eigenvalue weighted by molar-refractivity contribution is 6.33. The van der Waals surface area contributed by atoms with Crippen molar-refractivity contribution in [3.8, 4) is 29.1 Å². The van der Waals surface area contributed by atoms with E-state index in [0.29, 0.717) is 45.9 Å². The Kier molecular flexibility index (Phi) is 8.85. The number of halogens is 2. The van der Waals surface area contributed by atoms with Crippen LogP contribution < -0.4 is 24.3 Å². The molecule has 35 heavy (non-hydrogen) atoms. The van der Waals surface area contributed by atoms with Crippen molar-refractivity contribution in [3.05, 3.63) is 81.3 Å². The smallest absolute Gasteiger partial charge is 0.266 e. The number of carbonyl (C=O) groups excluding carboxylic acids is 1. The molecule has 0 unspecified atom stereocenters. The summed E-state index contributed by atoms with van der Waals surface area (Å²) in [6.45, 7) is 0.296. The monoisotopic (exact) mass is 512 g/mol. The Balaban J connectivity index is 1.86. The van der Waals surface area contributed by atoms with Gasteiger partial charge in [0.05, 0.1) is 37.1 Å². The lowest BCUT2D eigenvalue weighted by atomic mass is 10.1. The van der Waals surface area contributed by atoms with Crippen molar-refractivity contribution < 1.29 is 23.7 Å². The maximum Gasteiger partial charge on any atom is 0.266 e. The van der Waals surface area contributed by atoms with E-state index in [9.17, 15) is 10.1 Å². The summed E-state index contributed by atoms with van der Waals surface area (Å²) in [6.07, 6.45) is 1.39. The fraction of sp³-hybridized carbons (Fsp3) is 0.154. The van der Waals surface area contributed by atoms with Gasteiger partial charge >= 0.3 is 0 Å². The summed E-state index contributed by atoms with van der Waals surface area (Å²) in [6, 6.07) is 17.7. The number of nitrogens with one attached hydrogen (secondary N) is 1. The summed E-state index contributed by atoms with van der Waals surface area (Å²) in [7, 11) is 4.36. The minimum absolute atomic E-state index is 0.169. The lowest BCUT2D eigenvalue weighted by Gasteiger charge is -2.14. The van der Waals surface area contributed by atoms with E-state index in [1.54, 1.807) is 12.1 Å². The van der Waals surface area contributed by atoms with Crippen LogP contribution >= 0.6 is 23.2 Å². The fourth-order valence-corrected chi connectivity index (χ4v) is 3.66. The number of nitriles is 1. The quantitative estimate of drug-likeness (QED) is 0.273. The summed E-state index contributed by atoms with van der Waals surface area (Å²) in [5.41, 5.74) is 1.57. The summed E-state index contributed by atoms with van der Waals surface area (Å²) >= 11 is 12.6. The van der Waals surface area contributed by atoms with Crippen molar-refractivity contribution >= 4 is 40.9 Å². The van der Waals surface area contributed by atoms with Crippen LogP contribution in [0.4, 0.5) is 5.69 Å². The number of hydrogen-bond donors (Lipinski definition) is 1. The second kappa shape index (κ2) is 12.0. The highest BCUT2D eigenvalue weighted by atomic mass is 35.5. The van der Waals surface area contributed by atoms with E-state index >= 15 is 0 Å². The number of benzene rings is 3.